The highest BCUT2D eigenvalue weighted by molar-refractivity contribution is 7.92. The third-order valence-electron chi connectivity index (χ3n) is 3.89. The summed E-state index contributed by atoms with van der Waals surface area (Å²) in [4.78, 5) is 12.4. The first-order chi connectivity index (χ1) is 12.4. The highest BCUT2D eigenvalue weighted by atomic mass is 32.2. The largest absolute Gasteiger partial charge is 0.375 e. The molecule has 7 nitrogen and oxygen atoms in total. The Bertz CT molecular complexity index is 923. The predicted molar refractivity (Wildman–Crippen MR) is 102 cm³/mol. The third-order valence-corrected chi connectivity index (χ3v) is 5.19. The topological polar surface area (TPSA) is 88.1 Å². The van der Waals surface area contributed by atoms with Gasteiger partial charge in [-0.1, -0.05) is 18.2 Å². The van der Waals surface area contributed by atoms with Gasteiger partial charge in [-0.3, -0.25) is 9.52 Å². The molecule has 1 N–H and O–H groups in total. The maximum absolute atomic E-state index is 12.4. The predicted octanol–water partition coefficient (Wildman–Crippen LogP) is 2.44. The number of methoxy groups -OCH3 is 1. The molecule has 0 bridgehead atoms. The first-order valence-corrected chi connectivity index (χ1v) is 10.7. The Balaban J connectivity index is 1.98. The van der Waals surface area contributed by atoms with Crippen LogP contribution in [-0.2, 0) is 19.6 Å². The van der Waals surface area contributed by atoms with Crippen molar-refractivity contribution in [3.8, 4) is 0 Å². The molecule has 9 heteroatoms. The van der Waals surface area contributed by atoms with Crippen molar-refractivity contribution in [2.75, 3.05) is 24.7 Å². The Morgan fingerprint density at radius 3 is 2.81 bits per heavy atom. The van der Waals surface area contributed by atoms with Crippen LogP contribution in [0.25, 0.3) is 0 Å². The molecule has 1 aromatic carbocycles. The lowest BCUT2D eigenvalue weighted by Crippen LogP contribution is -2.29. The summed E-state index contributed by atoms with van der Waals surface area (Å²) in [6, 6.07) is 8.76. The van der Waals surface area contributed by atoms with E-state index in [9.17, 15) is 13.2 Å². The van der Waals surface area contributed by atoms with E-state index in [1.807, 2.05) is 22.9 Å². The lowest BCUT2D eigenvalue weighted by molar-refractivity contribution is -0.136. The van der Waals surface area contributed by atoms with E-state index in [-0.39, 0.29) is 18.6 Å². The van der Waals surface area contributed by atoms with Gasteiger partial charge in [0.1, 0.15) is 6.61 Å². The number of nitrogens with one attached hydrogen (secondary N) is 1. The number of sulfonamides is 1. The van der Waals surface area contributed by atoms with Crippen LogP contribution < -0.4 is 4.72 Å². The Hall–Kier alpha value is -2.23. The minimum Gasteiger partial charge on any atom is -0.375 e. The summed E-state index contributed by atoms with van der Waals surface area (Å²) in [6.07, 6.45) is 1.59. The molecule has 2 heterocycles. The van der Waals surface area contributed by atoms with Gasteiger partial charge in [-0.2, -0.15) is 16.4 Å². The molecule has 1 aliphatic rings. The molecule has 1 amide bonds. The first-order valence-electron chi connectivity index (χ1n) is 7.87. The number of hydrogen-bond acceptors (Lipinski definition) is 6. The second-order valence-corrected chi connectivity index (χ2v) is 8.44. The van der Waals surface area contributed by atoms with Crippen LogP contribution >= 0.6 is 11.3 Å². The van der Waals surface area contributed by atoms with Crippen molar-refractivity contribution in [2.24, 2.45) is 5.10 Å². The van der Waals surface area contributed by atoms with E-state index in [1.165, 1.54) is 12.1 Å². The van der Waals surface area contributed by atoms with Crippen molar-refractivity contribution in [2.45, 2.75) is 12.5 Å². The molecule has 0 radical (unpaired) electrons. The Morgan fingerprint density at radius 2 is 2.15 bits per heavy atom. The van der Waals surface area contributed by atoms with Gasteiger partial charge in [0.25, 0.3) is 5.91 Å². The van der Waals surface area contributed by atoms with Gasteiger partial charge < -0.3 is 4.74 Å². The summed E-state index contributed by atoms with van der Waals surface area (Å²) in [5.41, 5.74) is 2.74. The van der Waals surface area contributed by atoms with E-state index < -0.39 is 10.0 Å². The number of benzene rings is 1. The van der Waals surface area contributed by atoms with Crippen LogP contribution in [-0.4, -0.2) is 45.0 Å². The number of carbonyl (C=O) groups is 1. The number of rotatable bonds is 6. The van der Waals surface area contributed by atoms with E-state index in [2.05, 4.69) is 9.82 Å². The minimum absolute atomic E-state index is 0.0688. The number of hydrogen-bond donors (Lipinski definition) is 1. The molecule has 0 aliphatic carbocycles. The molecule has 0 spiro atoms. The highest BCUT2D eigenvalue weighted by Crippen LogP contribution is 2.35. The summed E-state index contributed by atoms with van der Waals surface area (Å²) >= 11 is 1.55. The number of ether oxygens (including phenoxy) is 1. The average molecular weight is 393 g/mol. The van der Waals surface area contributed by atoms with Crippen molar-refractivity contribution in [1.29, 1.82) is 0 Å². The maximum atomic E-state index is 12.4. The molecular weight excluding hydrogens is 374 g/mol. The Morgan fingerprint density at radius 1 is 1.38 bits per heavy atom. The number of hydrazone groups is 1. The summed E-state index contributed by atoms with van der Waals surface area (Å²) in [7, 11) is -1.97. The Kier molecular flexibility index (Phi) is 5.40. The van der Waals surface area contributed by atoms with Crippen molar-refractivity contribution < 1.29 is 17.9 Å². The summed E-state index contributed by atoms with van der Waals surface area (Å²) in [6.45, 7) is -0.0688. The monoisotopic (exact) mass is 393 g/mol. The molecule has 3 rings (SSSR count). The van der Waals surface area contributed by atoms with Crippen molar-refractivity contribution in [3.05, 3.63) is 52.2 Å². The third kappa shape index (κ3) is 4.12. The van der Waals surface area contributed by atoms with Crippen molar-refractivity contribution in [3.63, 3.8) is 0 Å². The summed E-state index contributed by atoms with van der Waals surface area (Å²) in [5.74, 6) is -0.243. The molecule has 0 fully saturated rings. The van der Waals surface area contributed by atoms with Gasteiger partial charge in [-0.05, 0) is 28.5 Å². The van der Waals surface area contributed by atoms with Crippen LogP contribution in [0.5, 0.6) is 0 Å². The van der Waals surface area contributed by atoms with Gasteiger partial charge in [-0.15, -0.1) is 0 Å². The quantitative estimate of drug-likeness (QED) is 0.816. The molecule has 1 aliphatic heterocycles. The zero-order valence-electron chi connectivity index (χ0n) is 14.4. The van der Waals surface area contributed by atoms with Gasteiger partial charge in [0.05, 0.1) is 23.7 Å². The van der Waals surface area contributed by atoms with E-state index in [0.717, 1.165) is 11.8 Å². The highest BCUT2D eigenvalue weighted by Gasteiger charge is 2.34. The molecule has 138 valence electrons. The average Bonchev–Trinajstić information content (AvgIpc) is 3.23. The normalized spacial score (nSPS) is 17.2. The van der Waals surface area contributed by atoms with Gasteiger partial charge in [-0.25, -0.2) is 13.4 Å². The fourth-order valence-corrected chi connectivity index (χ4v) is 4.12. The van der Waals surface area contributed by atoms with Crippen molar-refractivity contribution in [1.82, 2.24) is 5.01 Å². The lowest BCUT2D eigenvalue weighted by atomic mass is 9.99. The smallest absolute Gasteiger partial charge is 0.269 e. The molecular formula is C17H19N3O4S2. The number of thiophene rings is 1. The standard InChI is InChI=1S/C17H19N3O4S2/c1-24-10-17(21)20-16(12-7-8-25-11-12)9-15(18-20)13-5-3-4-6-14(13)19-26(2,22)23/h3-8,11,16,19H,9-10H2,1-2H3. The second kappa shape index (κ2) is 7.56. The zero-order valence-corrected chi connectivity index (χ0v) is 16.0. The molecule has 0 saturated heterocycles. The lowest BCUT2D eigenvalue weighted by Gasteiger charge is -2.20. The van der Waals surface area contributed by atoms with Crippen LogP contribution in [0.1, 0.15) is 23.6 Å². The summed E-state index contributed by atoms with van der Waals surface area (Å²) < 4.78 is 30.8. The van der Waals surface area contributed by atoms with Gasteiger partial charge in [0.2, 0.25) is 10.0 Å². The molecule has 1 atom stereocenters. The molecule has 1 unspecified atom stereocenters. The fourth-order valence-electron chi connectivity index (χ4n) is 2.84. The van der Waals surface area contributed by atoms with E-state index in [4.69, 9.17) is 4.74 Å². The zero-order chi connectivity index (χ0) is 18.7. The second-order valence-electron chi connectivity index (χ2n) is 5.91. The number of amides is 1. The van der Waals surface area contributed by atoms with Crippen LogP contribution in [0, 0.1) is 0 Å². The molecule has 0 saturated carbocycles. The van der Waals surface area contributed by atoms with E-state index >= 15 is 0 Å². The minimum atomic E-state index is -3.43. The van der Waals surface area contributed by atoms with Gasteiger partial charge in [0.15, 0.2) is 0 Å². The molecule has 1 aromatic heterocycles. The maximum Gasteiger partial charge on any atom is 0.269 e. The fraction of sp³-hybridized carbons (Fsp3) is 0.294. The van der Waals surface area contributed by atoms with Crippen LogP contribution in [0.15, 0.2) is 46.2 Å². The number of carbonyl (C=O) groups excluding carboxylic acids is 1. The molecule has 2 aromatic rings. The number of anilines is 1. The Labute approximate surface area is 156 Å². The van der Waals surface area contributed by atoms with Crippen LogP contribution in [0.2, 0.25) is 0 Å². The number of para-hydroxylation sites is 1. The van der Waals surface area contributed by atoms with Crippen LogP contribution in [0.4, 0.5) is 5.69 Å². The summed E-state index contributed by atoms with van der Waals surface area (Å²) in [5, 5.41) is 9.86. The van der Waals surface area contributed by atoms with Gasteiger partial charge in [0, 0.05) is 19.1 Å². The molecule has 26 heavy (non-hydrogen) atoms. The van der Waals surface area contributed by atoms with E-state index in [1.54, 1.807) is 29.5 Å². The van der Waals surface area contributed by atoms with Crippen molar-refractivity contribution >= 4 is 38.7 Å². The SMILES string of the molecule is COCC(=O)N1N=C(c2ccccc2NS(C)(=O)=O)CC1c1ccsc1. The van der Waals surface area contributed by atoms with E-state index in [0.29, 0.717) is 23.4 Å². The first kappa shape index (κ1) is 18.6. The van der Waals surface area contributed by atoms with Crippen LogP contribution in [0.3, 0.4) is 0 Å². The number of nitrogens with zero attached hydrogens (tertiary/aromatic N) is 2. The van der Waals surface area contributed by atoms with Gasteiger partial charge >= 0.3 is 0 Å².